The Hall–Kier alpha value is -1.07. The third-order valence-corrected chi connectivity index (χ3v) is 5.28. The molecule has 1 aromatic carbocycles. The molecule has 0 bridgehead atoms. The van der Waals surface area contributed by atoms with Gasteiger partial charge in [-0.05, 0) is 69.7 Å². The molecule has 0 saturated heterocycles. The highest BCUT2D eigenvalue weighted by Gasteiger charge is 2.31. The Kier molecular flexibility index (Phi) is 5.92. The van der Waals surface area contributed by atoms with E-state index in [0.29, 0.717) is 17.1 Å². The molecule has 4 nitrogen and oxygen atoms in total. The van der Waals surface area contributed by atoms with Crippen molar-refractivity contribution in [2.45, 2.75) is 72.2 Å². The highest BCUT2D eigenvalue weighted by molar-refractivity contribution is 7.89. The first-order valence-corrected chi connectivity index (χ1v) is 9.54. The van der Waals surface area contributed by atoms with Gasteiger partial charge >= 0.3 is 0 Å². The maximum Gasteiger partial charge on any atom is 0.241 e. The van der Waals surface area contributed by atoms with E-state index in [4.69, 9.17) is 4.74 Å². The first kappa shape index (κ1) is 20.0. The lowest BCUT2D eigenvalue weighted by atomic mass is 9.82. The van der Waals surface area contributed by atoms with Crippen LogP contribution in [0.15, 0.2) is 17.0 Å². The molecule has 0 unspecified atom stereocenters. The van der Waals surface area contributed by atoms with Crippen molar-refractivity contribution in [1.29, 1.82) is 0 Å². The third kappa shape index (κ3) is 5.81. The average Bonchev–Trinajstić information content (AvgIpc) is 2.28. The van der Waals surface area contributed by atoms with Crippen molar-refractivity contribution in [3.8, 4) is 5.75 Å². The van der Waals surface area contributed by atoms with Gasteiger partial charge in [-0.2, -0.15) is 0 Å². The second kappa shape index (κ2) is 6.81. The Bertz CT molecular complexity index is 656. The number of aryl methyl sites for hydroxylation is 2. The maximum absolute atomic E-state index is 12.8. The van der Waals surface area contributed by atoms with Gasteiger partial charge in [0.2, 0.25) is 10.0 Å². The fraction of sp³-hybridized carbons (Fsp3) is 0.667. The number of hydrogen-bond donors (Lipinski definition) is 1. The summed E-state index contributed by atoms with van der Waals surface area (Å²) in [6, 6.07) is 3.49. The molecule has 0 aliphatic rings. The smallest absolute Gasteiger partial charge is 0.241 e. The van der Waals surface area contributed by atoms with Crippen molar-refractivity contribution in [1.82, 2.24) is 4.72 Å². The number of benzene rings is 1. The van der Waals surface area contributed by atoms with Crippen LogP contribution in [0.1, 0.15) is 59.1 Å². The summed E-state index contributed by atoms with van der Waals surface area (Å²) >= 11 is 0. The van der Waals surface area contributed by atoms with E-state index in [9.17, 15) is 8.42 Å². The Morgan fingerprint density at radius 2 is 1.61 bits per heavy atom. The van der Waals surface area contributed by atoms with Crippen molar-refractivity contribution < 1.29 is 13.2 Å². The van der Waals surface area contributed by atoms with Crippen LogP contribution in [-0.4, -0.2) is 20.6 Å². The van der Waals surface area contributed by atoms with Crippen molar-refractivity contribution in [3.63, 3.8) is 0 Å². The summed E-state index contributed by atoms with van der Waals surface area (Å²) in [5.41, 5.74) is 1.04. The molecule has 0 fully saturated rings. The quantitative estimate of drug-likeness (QED) is 0.844. The molecule has 1 rings (SSSR count). The van der Waals surface area contributed by atoms with Crippen LogP contribution in [0, 0.1) is 19.3 Å². The first-order valence-electron chi connectivity index (χ1n) is 8.05. The van der Waals surface area contributed by atoms with Gasteiger partial charge in [-0.1, -0.05) is 20.8 Å². The van der Waals surface area contributed by atoms with Crippen LogP contribution in [0.3, 0.4) is 0 Å². The van der Waals surface area contributed by atoms with Crippen molar-refractivity contribution in [2.75, 3.05) is 6.61 Å². The van der Waals surface area contributed by atoms with E-state index in [1.165, 1.54) is 0 Å². The van der Waals surface area contributed by atoms with Crippen molar-refractivity contribution in [2.24, 2.45) is 5.41 Å². The van der Waals surface area contributed by atoms with Crippen LogP contribution in [0.2, 0.25) is 0 Å². The van der Waals surface area contributed by atoms with Gasteiger partial charge in [0.05, 0.1) is 11.5 Å². The SMILES string of the molecule is CCOc1cc(C)c(S(=O)(=O)NC(C)(C)CC(C)(C)C)cc1C. The maximum atomic E-state index is 12.8. The Labute approximate surface area is 141 Å². The van der Waals surface area contributed by atoms with Crippen LogP contribution in [0.4, 0.5) is 0 Å². The van der Waals surface area contributed by atoms with Gasteiger partial charge in [0.15, 0.2) is 0 Å². The lowest BCUT2D eigenvalue weighted by Crippen LogP contribution is -2.45. The minimum Gasteiger partial charge on any atom is -0.494 e. The van der Waals surface area contributed by atoms with Gasteiger partial charge < -0.3 is 4.74 Å². The highest BCUT2D eigenvalue weighted by atomic mass is 32.2. The van der Waals surface area contributed by atoms with Crippen LogP contribution in [-0.2, 0) is 10.0 Å². The van der Waals surface area contributed by atoms with Gasteiger partial charge in [0.25, 0.3) is 0 Å². The fourth-order valence-corrected chi connectivity index (χ4v) is 4.87. The summed E-state index contributed by atoms with van der Waals surface area (Å²) in [6.07, 6.45) is 0.744. The minimum atomic E-state index is -3.58. The molecule has 0 aliphatic heterocycles. The molecule has 0 amide bonds. The van der Waals surface area contributed by atoms with Crippen LogP contribution in [0.25, 0.3) is 0 Å². The second-order valence-electron chi connectivity index (χ2n) is 8.04. The first-order chi connectivity index (χ1) is 10.3. The molecule has 0 aliphatic carbocycles. The normalized spacial score (nSPS) is 13.2. The molecule has 5 heteroatoms. The monoisotopic (exact) mass is 341 g/mol. The summed E-state index contributed by atoms with van der Waals surface area (Å²) in [5.74, 6) is 0.734. The van der Waals surface area contributed by atoms with E-state index in [1.54, 1.807) is 19.1 Å². The third-order valence-electron chi connectivity index (χ3n) is 3.44. The molecule has 0 aromatic heterocycles. The average molecular weight is 342 g/mol. The summed E-state index contributed by atoms with van der Waals surface area (Å²) in [6.45, 7) is 16.3. The number of ether oxygens (including phenoxy) is 1. The Morgan fingerprint density at radius 3 is 2.09 bits per heavy atom. The summed E-state index contributed by atoms with van der Waals surface area (Å²) < 4.78 is 34.0. The molecule has 0 heterocycles. The number of rotatable bonds is 6. The largest absolute Gasteiger partial charge is 0.494 e. The van der Waals surface area contributed by atoms with Gasteiger partial charge in [-0.15, -0.1) is 0 Å². The van der Waals surface area contributed by atoms with Crippen LogP contribution in [0.5, 0.6) is 5.75 Å². The van der Waals surface area contributed by atoms with E-state index in [0.717, 1.165) is 17.7 Å². The highest BCUT2D eigenvalue weighted by Crippen LogP contribution is 2.30. The zero-order valence-electron chi connectivity index (χ0n) is 15.7. The molecule has 1 N–H and O–H groups in total. The lowest BCUT2D eigenvalue weighted by molar-refractivity contribution is 0.269. The minimum absolute atomic E-state index is 0.0375. The molecule has 0 radical (unpaired) electrons. The van der Waals surface area contributed by atoms with E-state index in [1.807, 2.05) is 27.7 Å². The van der Waals surface area contributed by atoms with Crippen molar-refractivity contribution in [3.05, 3.63) is 23.3 Å². The van der Waals surface area contributed by atoms with Gasteiger partial charge in [0, 0.05) is 5.54 Å². The lowest BCUT2D eigenvalue weighted by Gasteiger charge is -2.33. The number of nitrogens with one attached hydrogen (secondary N) is 1. The van der Waals surface area contributed by atoms with Gasteiger partial charge in [-0.25, -0.2) is 13.1 Å². The topological polar surface area (TPSA) is 55.4 Å². The van der Waals surface area contributed by atoms with Crippen LogP contribution >= 0.6 is 0 Å². The predicted octanol–water partition coefficient (Wildman–Crippen LogP) is 4.20. The number of sulfonamides is 1. The summed E-state index contributed by atoms with van der Waals surface area (Å²) in [5, 5.41) is 0. The standard InChI is InChI=1S/C18H31NO3S/c1-9-22-15-10-14(3)16(11-13(15)2)23(20,21)19-18(7,8)12-17(4,5)6/h10-11,19H,9,12H2,1-8H3. The fourth-order valence-electron chi connectivity index (χ4n) is 3.14. The molecule has 0 saturated carbocycles. The van der Waals surface area contributed by atoms with Gasteiger partial charge in [0.1, 0.15) is 5.75 Å². The van der Waals surface area contributed by atoms with E-state index >= 15 is 0 Å². The Morgan fingerprint density at radius 1 is 1.04 bits per heavy atom. The molecular weight excluding hydrogens is 310 g/mol. The van der Waals surface area contributed by atoms with Crippen LogP contribution < -0.4 is 9.46 Å². The molecule has 0 spiro atoms. The molecule has 132 valence electrons. The predicted molar refractivity (Wildman–Crippen MR) is 95.6 cm³/mol. The molecular formula is C18H31NO3S. The van der Waals surface area contributed by atoms with E-state index in [-0.39, 0.29) is 5.41 Å². The van der Waals surface area contributed by atoms with Gasteiger partial charge in [-0.3, -0.25) is 0 Å². The number of hydrogen-bond acceptors (Lipinski definition) is 3. The zero-order chi connectivity index (χ0) is 18.1. The molecule has 23 heavy (non-hydrogen) atoms. The Balaban J connectivity index is 3.17. The van der Waals surface area contributed by atoms with Crippen molar-refractivity contribution >= 4 is 10.0 Å². The molecule has 1 aromatic rings. The summed E-state index contributed by atoms with van der Waals surface area (Å²) in [4.78, 5) is 0.320. The van der Waals surface area contributed by atoms with E-state index in [2.05, 4.69) is 25.5 Å². The second-order valence-corrected chi connectivity index (χ2v) is 9.69. The van der Waals surface area contributed by atoms with E-state index < -0.39 is 15.6 Å². The zero-order valence-corrected chi connectivity index (χ0v) is 16.5. The summed E-state index contributed by atoms with van der Waals surface area (Å²) in [7, 11) is -3.58. The molecule has 0 atom stereocenters.